The number of methoxy groups -OCH3 is 1. The van der Waals surface area contributed by atoms with Crippen LogP contribution in [0.5, 0.6) is 5.75 Å². The van der Waals surface area contributed by atoms with Crippen molar-refractivity contribution in [1.82, 2.24) is 0 Å². The van der Waals surface area contributed by atoms with E-state index >= 15 is 0 Å². The third-order valence-electron chi connectivity index (χ3n) is 2.24. The second-order valence-corrected chi connectivity index (χ2v) is 4.20. The predicted molar refractivity (Wildman–Crippen MR) is 62.1 cm³/mol. The molecule has 0 aliphatic rings. The highest BCUT2D eigenvalue weighted by atomic mass is 32.2. The molecule has 1 unspecified atom stereocenters. The molecule has 0 radical (unpaired) electrons. The zero-order chi connectivity index (χ0) is 10.7. The van der Waals surface area contributed by atoms with Gasteiger partial charge in [0.15, 0.2) is 0 Å². The third-order valence-corrected chi connectivity index (χ3v) is 3.12. The molecule has 0 amide bonds. The Hall–Kier alpha value is -0.670. The van der Waals surface area contributed by atoms with E-state index in [-0.39, 0.29) is 6.04 Å². The molecule has 0 aliphatic carbocycles. The highest BCUT2D eigenvalue weighted by molar-refractivity contribution is 7.98. The topological polar surface area (TPSA) is 35.2 Å². The largest absolute Gasteiger partial charge is 0.496 e. The number of benzene rings is 1. The molecular weight excluding hydrogens is 194 g/mol. The van der Waals surface area contributed by atoms with Crippen molar-refractivity contribution in [3.05, 3.63) is 23.3 Å². The molecule has 0 bridgehead atoms. The number of hydrogen-bond acceptors (Lipinski definition) is 3. The number of aryl methyl sites for hydroxylation is 1. The molecule has 3 heteroatoms. The molecule has 14 heavy (non-hydrogen) atoms. The summed E-state index contributed by atoms with van der Waals surface area (Å²) in [7, 11) is 1.68. The molecule has 0 saturated heterocycles. The average Bonchev–Trinajstić information content (AvgIpc) is 2.16. The Labute approximate surface area is 89.8 Å². The van der Waals surface area contributed by atoms with Crippen LogP contribution in [0.4, 0.5) is 0 Å². The van der Waals surface area contributed by atoms with E-state index in [1.54, 1.807) is 18.9 Å². The quantitative estimate of drug-likeness (QED) is 0.781. The van der Waals surface area contributed by atoms with Crippen molar-refractivity contribution >= 4 is 11.8 Å². The van der Waals surface area contributed by atoms with Gasteiger partial charge in [-0.05, 0) is 37.8 Å². The van der Waals surface area contributed by atoms with E-state index in [1.165, 1.54) is 10.5 Å². The van der Waals surface area contributed by atoms with Crippen LogP contribution in [0.2, 0.25) is 0 Å². The predicted octanol–water partition coefficient (Wildman–Crippen LogP) is 2.75. The first-order valence-corrected chi connectivity index (χ1v) is 5.80. The maximum Gasteiger partial charge on any atom is 0.123 e. The number of ether oxygens (including phenoxy) is 1. The summed E-state index contributed by atoms with van der Waals surface area (Å²) < 4.78 is 5.30. The van der Waals surface area contributed by atoms with Gasteiger partial charge in [0, 0.05) is 16.5 Å². The van der Waals surface area contributed by atoms with Gasteiger partial charge in [-0.1, -0.05) is 0 Å². The van der Waals surface area contributed by atoms with Crippen LogP contribution in [0, 0.1) is 6.92 Å². The zero-order valence-electron chi connectivity index (χ0n) is 9.13. The van der Waals surface area contributed by atoms with Gasteiger partial charge in [-0.25, -0.2) is 0 Å². The Morgan fingerprint density at radius 3 is 2.50 bits per heavy atom. The van der Waals surface area contributed by atoms with Crippen molar-refractivity contribution < 1.29 is 4.74 Å². The van der Waals surface area contributed by atoms with Gasteiger partial charge < -0.3 is 10.5 Å². The monoisotopic (exact) mass is 211 g/mol. The Kier molecular flexibility index (Phi) is 3.84. The van der Waals surface area contributed by atoms with Crippen LogP contribution in [0.25, 0.3) is 0 Å². The van der Waals surface area contributed by atoms with E-state index in [9.17, 15) is 0 Å². The van der Waals surface area contributed by atoms with Crippen LogP contribution in [0.15, 0.2) is 17.0 Å². The molecule has 0 saturated carbocycles. The lowest BCUT2D eigenvalue weighted by atomic mass is 10.1. The number of hydrogen-bond donors (Lipinski definition) is 1. The lowest BCUT2D eigenvalue weighted by Gasteiger charge is -2.14. The molecule has 0 aliphatic heterocycles. The normalized spacial score (nSPS) is 12.6. The molecule has 0 heterocycles. The smallest absolute Gasteiger partial charge is 0.123 e. The molecule has 78 valence electrons. The van der Waals surface area contributed by atoms with E-state index < -0.39 is 0 Å². The molecule has 1 aromatic carbocycles. The van der Waals surface area contributed by atoms with Crippen molar-refractivity contribution in [2.45, 2.75) is 24.8 Å². The summed E-state index contributed by atoms with van der Waals surface area (Å²) in [6, 6.07) is 4.17. The second kappa shape index (κ2) is 4.71. The Balaban J connectivity index is 3.25. The van der Waals surface area contributed by atoms with Crippen molar-refractivity contribution in [3.8, 4) is 5.75 Å². The highest BCUT2D eigenvalue weighted by Gasteiger charge is 2.10. The third kappa shape index (κ3) is 2.22. The van der Waals surface area contributed by atoms with Crippen LogP contribution in [0.1, 0.15) is 24.1 Å². The van der Waals surface area contributed by atoms with E-state index in [0.717, 1.165) is 11.3 Å². The van der Waals surface area contributed by atoms with Crippen LogP contribution in [-0.4, -0.2) is 13.4 Å². The minimum absolute atomic E-state index is 0.0106. The summed E-state index contributed by atoms with van der Waals surface area (Å²) in [6.07, 6.45) is 2.07. The second-order valence-electron chi connectivity index (χ2n) is 3.35. The van der Waals surface area contributed by atoms with E-state index in [0.29, 0.717) is 0 Å². The molecule has 0 aromatic heterocycles. The Morgan fingerprint density at radius 2 is 2.07 bits per heavy atom. The summed E-state index contributed by atoms with van der Waals surface area (Å²) in [6.45, 7) is 4.05. The van der Waals surface area contributed by atoms with Gasteiger partial charge in [-0.2, -0.15) is 0 Å². The summed E-state index contributed by atoms with van der Waals surface area (Å²) in [5.41, 5.74) is 8.18. The van der Waals surface area contributed by atoms with Crippen LogP contribution in [0.3, 0.4) is 0 Å². The lowest BCUT2D eigenvalue weighted by molar-refractivity contribution is 0.406. The number of thioether (sulfide) groups is 1. The Morgan fingerprint density at radius 1 is 1.43 bits per heavy atom. The van der Waals surface area contributed by atoms with E-state index in [2.05, 4.69) is 19.2 Å². The molecule has 1 aromatic rings. The summed E-state index contributed by atoms with van der Waals surface area (Å²) in [4.78, 5) is 1.26. The fraction of sp³-hybridized carbons (Fsp3) is 0.455. The van der Waals surface area contributed by atoms with Gasteiger partial charge >= 0.3 is 0 Å². The van der Waals surface area contributed by atoms with Gasteiger partial charge in [-0.3, -0.25) is 0 Å². The average molecular weight is 211 g/mol. The highest BCUT2D eigenvalue weighted by Crippen LogP contribution is 2.31. The standard InChI is InChI=1S/C11H17NOS/c1-7-5-10(13-3)9(8(2)12)6-11(7)14-4/h5-6,8H,12H2,1-4H3. The Bertz CT molecular complexity index is 323. The SMILES string of the molecule is COc1cc(C)c(SC)cc1C(C)N. The first-order valence-electron chi connectivity index (χ1n) is 4.58. The van der Waals surface area contributed by atoms with Gasteiger partial charge in [0.1, 0.15) is 5.75 Å². The van der Waals surface area contributed by atoms with E-state index in [1.807, 2.05) is 13.0 Å². The summed E-state index contributed by atoms with van der Waals surface area (Å²) >= 11 is 1.74. The van der Waals surface area contributed by atoms with Gasteiger partial charge in [-0.15, -0.1) is 11.8 Å². The van der Waals surface area contributed by atoms with Crippen LogP contribution < -0.4 is 10.5 Å². The zero-order valence-corrected chi connectivity index (χ0v) is 9.94. The van der Waals surface area contributed by atoms with Gasteiger partial charge in [0.2, 0.25) is 0 Å². The van der Waals surface area contributed by atoms with Crippen LogP contribution >= 0.6 is 11.8 Å². The van der Waals surface area contributed by atoms with E-state index in [4.69, 9.17) is 10.5 Å². The number of rotatable bonds is 3. The molecule has 1 atom stereocenters. The van der Waals surface area contributed by atoms with Crippen LogP contribution in [-0.2, 0) is 0 Å². The van der Waals surface area contributed by atoms with Gasteiger partial charge in [0.05, 0.1) is 7.11 Å². The van der Waals surface area contributed by atoms with Crippen molar-refractivity contribution in [2.75, 3.05) is 13.4 Å². The van der Waals surface area contributed by atoms with Crippen molar-refractivity contribution in [1.29, 1.82) is 0 Å². The molecule has 1 rings (SSSR count). The fourth-order valence-corrected chi connectivity index (χ4v) is 2.06. The number of nitrogens with two attached hydrogens (primary N) is 1. The molecule has 0 spiro atoms. The minimum Gasteiger partial charge on any atom is -0.496 e. The molecule has 2 N–H and O–H groups in total. The maximum absolute atomic E-state index is 5.87. The lowest BCUT2D eigenvalue weighted by Crippen LogP contribution is -2.07. The first kappa shape index (κ1) is 11.4. The fourth-order valence-electron chi connectivity index (χ4n) is 1.43. The summed E-state index contributed by atoms with van der Waals surface area (Å²) in [5.74, 6) is 0.885. The summed E-state index contributed by atoms with van der Waals surface area (Å²) in [5, 5.41) is 0. The molecule has 0 fully saturated rings. The molecular formula is C11H17NOS. The first-order chi connectivity index (χ1) is 6.60. The van der Waals surface area contributed by atoms with Crippen molar-refractivity contribution in [3.63, 3.8) is 0 Å². The maximum atomic E-state index is 5.87. The minimum atomic E-state index is 0.0106. The van der Waals surface area contributed by atoms with Gasteiger partial charge in [0.25, 0.3) is 0 Å². The van der Waals surface area contributed by atoms with Crippen molar-refractivity contribution in [2.24, 2.45) is 5.73 Å². The molecule has 2 nitrogen and oxygen atoms in total.